The number of carboxylic acids is 1. The van der Waals surface area contributed by atoms with Crippen molar-refractivity contribution in [2.24, 2.45) is 0 Å². The number of rotatable bonds is 4. The molecular weight excluding hydrogens is 274 g/mol. The molecule has 1 fully saturated rings. The first-order valence-corrected chi connectivity index (χ1v) is 6.81. The van der Waals surface area contributed by atoms with Crippen molar-refractivity contribution in [3.05, 3.63) is 30.3 Å². The van der Waals surface area contributed by atoms with Crippen molar-refractivity contribution in [3.63, 3.8) is 0 Å². The number of aliphatic hydroxyl groups excluding tert-OH is 1. The van der Waals surface area contributed by atoms with Crippen molar-refractivity contribution in [1.82, 2.24) is 10.2 Å². The number of hydrogen-bond acceptors (Lipinski definition) is 4. The van der Waals surface area contributed by atoms with Crippen LogP contribution in [-0.4, -0.2) is 65.9 Å². The summed E-state index contributed by atoms with van der Waals surface area (Å²) < 4.78 is 0. The van der Waals surface area contributed by atoms with Crippen LogP contribution >= 0.6 is 0 Å². The van der Waals surface area contributed by atoms with Crippen LogP contribution in [0.3, 0.4) is 0 Å². The summed E-state index contributed by atoms with van der Waals surface area (Å²) in [7, 11) is 0. The lowest BCUT2D eigenvalue weighted by Crippen LogP contribution is -2.53. The lowest BCUT2D eigenvalue weighted by Gasteiger charge is -2.36. The number of carbonyl (C=O) groups is 2. The van der Waals surface area contributed by atoms with Gasteiger partial charge in [-0.25, -0.2) is 9.59 Å². The van der Waals surface area contributed by atoms with Gasteiger partial charge >= 0.3 is 12.0 Å². The van der Waals surface area contributed by atoms with Gasteiger partial charge in [0.2, 0.25) is 0 Å². The molecule has 1 atom stereocenters. The zero-order valence-corrected chi connectivity index (χ0v) is 11.6. The zero-order valence-electron chi connectivity index (χ0n) is 11.6. The zero-order chi connectivity index (χ0) is 15.2. The predicted octanol–water partition coefficient (Wildman–Crippen LogP) is -0.0363. The number of carboxylic acid groups (broad SMARTS) is 1. The fourth-order valence-corrected chi connectivity index (χ4v) is 2.19. The van der Waals surface area contributed by atoms with E-state index in [0.29, 0.717) is 13.1 Å². The van der Waals surface area contributed by atoms with Crippen LogP contribution in [0.25, 0.3) is 0 Å². The maximum atomic E-state index is 11.9. The largest absolute Gasteiger partial charge is 0.479 e. The number of urea groups is 1. The summed E-state index contributed by atoms with van der Waals surface area (Å²) in [6, 6.07) is 9.62. The van der Waals surface area contributed by atoms with Crippen LogP contribution in [0, 0.1) is 0 Å². The third kappa shape index (κ3) is 4.09. The van der Waals surface area contributed by atoms with Gasteiger partial charge in [-0.3, -0.25) is 0 Å². The van der Waals surface area contributed by atoms with Crippen molar-refractivity contribution in [2.45, 2.75) is 6.10 Å². The predicted molar refractivity (Wildman–Crippen MR) is 77.3 cm³/mol. The van der Waals surface area contributed by atoms with Gasteiger partial charge in [-0.1, -0.05) is 18.2 Å². The Morgan fingerprint density at radius 2 is 1.76 bits per heavy atom. The molecule has 0 aromatic heterocycles. The molecule has 0 saturated carbocycles. The first kappa shape index (κ1) is 15.1. The van der Waals surface area contributed by atoms with Gasteiger partial charge in [0.1, 0.15) is 0 Å². The minimum Gasteiger partial charge on any atom is -0.479 e. The molecule has 1 aromatic rings. The Balaban J connectivity index is 1.78. The van der Waals surface area contributed by atoms with Crippen LogP contribution in [-0.2, 0) is 4.79 Å². The summed E-state index contributed by atoms with van der Waals surface area (Å²) in [4.78, 5) is 26.1. The SMILES string of the molecule is O=C(O)C(O)CNC(=O)N1CCN(c2ccccc2)CC1. The average Bonchev–Trinajstić information content (AvgIpc) is 2.53. The van der Waals surface area contributed by atoms with E-state index in [2.05, 4.69) is 10.2 Å². The molecule has 7 heteroatoms. The Labute approximate surface area is 122 Å². The van der Waals surface area contributed by atoms with Gasteiger partial charge in [0.25, 0.3) is 0 Å². The molecule has 1 heterocycles. The molecule has 21 heavy (non-hydrogen) atoms. The smallest absolute Gasteiger partial charge is 0.334 e. The molecule has 1 aliphatic heterocycles. The van der Waals surface area contributed by atoms with E-state index < -0.39 is 12.1 Å². The van der Waals surface area contributed by atoms with Gasteiger partial charge in [-0.15, -0.1) is 0 Å². The topological polar surface area (TPSA) is 93.1 Å². The highest BCUT2D eigenvalue weighted by Gasteiger charge is 2.22. The quantitative estimate of drug-likeness (QED) is 0.724. The number of para-hydroxylation sites is 1. The lowest BCUT2D eigenvalue weighted by molar-refractivity contribution is -0.146. The minimum atomic E-state index is -1.57. The molecule has 1 saturated heterocycles. The standard InChI is InChI=1S/C14H19N3O4/c18-12(13(19)20)10-15-14(21)17-8-6-16(7-9-17)11-4-2-1-3-5-11/h1-5,12,18H,6-10H2,(H,15,21)(H,19,20). The Bertz CT molecular complexity index is 486. The van der Waals surface area contributed by atoms with E-state index in [-0.39, 0.29) is 12.6 Å². The molecule has 0 spiro atoms. The molecular formula is C14H19N3O4. The normalized spacial score (nSPS) is 16.4. The molecule has 1 unspecified atom stereocenters. The second-order valence-electron chi connectivity index (χ2n) is 4.85. The Hall–Kier alpha value is -2.28. The number of nitrogens with one attached hydrogen (secondary N) is 1. The van der Waals surface area contributed by atoms with Crippen LogP contribution in [0.4, 0.5) is 10.5 Å². The lowest BCUT2D eigenvalue weighted by atomic mass is 10.2. The van der Waals surface area contributed by atoms with Crippen molar-refractivity contribution < 1.29 is 19.8 Å². The van der Waals surface area contributed by atoms with Gasteiger partial charge in [0.15, 0.2) is 6.10 Å². The summed E-state index contributed by atoms with van der Waals surface area (Å²) in [5.41, 5.74) is 1.12. The van der Waals surface area contributed by atoms with Crippen LogP contribution < -0.4 is 10.2 Å². The van der Waals surface area contributed by atoms with Crippen molar-refractivity contribution >= 4 is 17.7 Å². The summed E-state index contributed by atoms with van der Waals surface area (Å²) in [5.74, 6) is -1.34. The number of piperazine rings is 1. The molecule has 7 nitrogen and oxygen atoms in total. The maximum Gasteiger partial charge on any atom is 0.334 e. The van der Waals surface area contributed by atoms with Gasteiger partial charge in [0.05, 0.1) is 6.54 Å². The van der Waals surface area contributed by atoms with E-state index in [4.69, 9.17) is 10.2 Å². The van der Waals surface area contributed by atoms with Crippen LogP contribution in [0.1, 0.15) is 0 Å². The second-order valence-corrected chi connectivity index (χ2v) is 4.85. The number of benzene rings is 1. The van der Waals surface area contributed by atoms with E-state index in [1.807, 2.05) is 30.3 Å². The minimum absolute atomic E-state index is 0.285. The van der Waals surface area contributed by atoms with Gasteiger partial charge in [-0.05, 0) is 12.1 Å². The van der Waals surface area contributed by atoms with E-state index in [1.54, 1.807) is 4.90 Å². The van der Waals surface area contributed by atoms with E-state index >= 15 is 0 Å². The molecule has 1 aliphatic rings. The first-order valence-electron chi connectivity index (χ1n) is 6.81. The molecule has 2 amide bonds. The Morgan fingerprint density at radius 3 is 2.33 bits per heavy atom. The highest BCUT2D eigenvalue weighted by atomic mass is 16.4. The van der Waals surface area contributed by atoms with Crippen molar-refractivity contribution in [1.29, 1.82) is 0 Å². The molecule has 2 rings (SSSR count). The van der Waals surface area contributed by atoms with Crippen LogP contribution in [0.15, 0.2) is 30.3 Å². The number of aliphatic carboxylic acids is 1. The Morgan fingerprint density at radius 1 is 1.14 bits per heavy atom. The van der Waals surface area contributed by atoms with E-state index in [9.17, 15) is 9.59 Å². The molecule has 0 aliphatic carbocycles. The van der Waals surface area contributed by atoms with Crippen molar-refractivity contribution in [3.8, 4) is 0 Å². The van der Waals surface area contributed by atoms with Gasteiger partial charge in [0, 0.05) is 31.9 Å². The fraction of sp³-hybridized carbons (Fsp3) is 0.429. The van der Waals surface area contributed by atoms with E-state index in [1.165, 1.54) is 0 Å². The molecule has 0 radical (unpaired) electrons. The average molecular weight is 293 g/mol. The molecule has 114 valence electrons. The van der Waals surface area contributed by atoms with Gasteiger partial charge < -0.3 is 25.3 Å². The number of carbonyl (C=O) groups excluding carboxylic acids is 1. The molecule has 0 bridgehead atoms. The summed E-state index contributed by atoms with van der Waals surface area (Å²) in [5, 5.41) is 20.1. The van der Waals surface area contributed by atoms with E-state index in [0.717, 1.165) is 18.8 Å². The highest BCUT2D eigenvalue weighted by molar-refractivity contribution is 5.77. The molecule has 1 aromatic carbocycles. The monoisotopic (exact) mass is 293 g/mol. The summed E-state index contributed by atoms with van der Waals surface area (Å²) in [6.45, 7) is 2.28. The van der Waals surface area contributed by atoms with Crippen molar-refractivity contribution in [2.75, 3.05) is 37.6 Å². The third-order valence-corrected chi connectivity index (χ3v) is 3.42. The van der Waals surface area contributed by atoms with Crippen LogP contribution in [0.5, 0.6) is 0 Å². The number of hydrogen-bond donors (Lipinski definition) is 3. The second kappa shape index (κ2) is 6.94. The Kier molecular flexibility index (Phi) is 4.99. The molecule has 3 N–H and O–H groups in total. The highest BCUT2D eigenvalue weighted by Crippen LogP contribution is 2.15. The summed E-state index contributed by atoms with van der Waals surface area (Å²) >= 11 is 0. The number of aliphatic hydroxyl groups is 1. The third-order valence-electron chi connectivity index (χ3n) is 3.42. The maximum absolute atomic E-state index is 11.9. The number of amides is 2. The number of anilines is 1. The first-order chi connectivity index (χ1) is 10.1. The fourth-order valence-electron chi connectivity index (χ4n) is 2.19. The summed E-state index contributed by atoms with van der Waals surface area (Å²) in [6.07, 6.45) is -1.57. The van der Waals surface area contributed by atoms with Crippen LogP contribution in [0.2, 0.25) is 0 Å². The van der Waals surface area contributed by atoms with Gasteiger partial charge in [-0.2, -0.15) is 0 Å². The number of nitrogens with zero attached hydrogens (tertiary/aromatic N) is 2.